The van der Waals surface area contributed by atoms with E-state index >= 15 is 0 Å². The molecule has 1 heterocycles. The van der Waals surface area contributed by atoms with Gasteiger partial charge in [-0.25, -0.2) is 4.79 Å². The van der Waals surface area contributed by atoms with Gasteiger partial charge < -0.3 is 19.0 Å². The van der Waals surface area contributed by atoms with Crippen LogP contribution in [0.3, 0.4) is 0 Å². The van der Waals surface area contributed by atoms with Crippen LogP contribution in [0, 0.1) is 0 Å². The van der Waals surface area contributed by atoms with E-state index in [1.807, 2.05) is 13.0 Å². The molecule has 1 aromatic heterocycles. The van der Waals surface area contributed by atoms with E-state index in [2.05, 4.69) is 19.9 Å². The van der Waals surface area contributed by atoms with Crippen LogP contribution >= 0.6 is 0 Å². The highest BCUT2D eigenvalue weighted by molar-refractivity contribution is 5.90. The van der Waals surface area contributed by atoms with Crippen molar-refractivity contribution in [1.82, 2.24) is 0 Å². The van der Waals surface area contributed by atoms with E-state index in [4.69, 9.17) is 13.9 Å². The fraction of sp³-hybridized carbons (Fsp3) is 0.333. The monoisotopic (exact) mass is 372 g/mol. The summed E-state index contributed by atoms with van der Waals surface area (Å²) >= 11 is 0. The lowest BCUT2D eigenvalue weighted by Gasteiger charge is -2.09. The Morgan fingerprint density at radius 2 is 1.93 bits per heavy atom. The molecule has 0 unspecified atom stereocenters. The summed E-state index contributed by atoms with van der Waals surface area (Å²) < 4.78 is 15.7. The molecule has 2 aromatic rings. The second kappa shape index (κ2) is 9.07. The van der Waals surface area contributed by atoms with Crippen LogP contribution < -0.4 is 15.1 Å². The number of esters is 1. The van der Waals surface area contributed by atoms with Crippen molar-refractivity contribution in [3.8, 4) is 17.2 Å². The first-order valence-electron chi connectivity index (χ1n) is 8.68. The molecule has 1 N–H and O–H groups in total. The lowest BCUT2D eigenvalue weighted by atomic mass is 10.1. The van der Waals surface area contributed by atoms with Gasteiger partial charge >= 0.3 is 11.6 Å². The summed E-state index contributed by atoms with van der Waals surface area (Å²) in [6.45, 7) is 7.46. The Morgan fingerprint density at radius 1 is 1.19 bits per heavy atom. The zero-order valence-electron chi connectivity index (χ0n) is 16.0. The Bertz CT molecular complexity index is 945. The van der Waals surface area contributed by atoms with Gasteiger partial charge in [-0.1, -0.05) is 23.3 Å². The minimum atomic E-state index is -0.838. The predicted molar refractivity (Wildman–Crippen MR) is 103 cm³/mol. The van der Waals surface area contributed by atoms with Gasteiger partial charge in [0.05, 0.1) is 5.39 Å². The molecule has 27 heavy (non-hydrogen) atoms. The number of fused-ring (bicyclic) bond motifs is 1. The van der Waals surface area contributed by atoms with Crippen LogP contribution in [0.2, 0.25) is 0 Å². The molecule has 0 fully saturated rings. The summed E-state index contributed by atoms with van der Waals surface area (Å²) in [4.78, 5) is 23.4. The Labute approximate surface area is 157 Å². The van der Waals surface area contributed by atoms with Crippen LogP contribution in [-0.4, -0.2) is 17.7 Å². The number of carbonyl (C=O) groups excluding carboxylic acids is 1. The summed E-state index contributed by atoms with van der Waals surface area (Å²) in [6, 6.07) is 4.61. The molecule has 0 aliphatic rings. The van der Waals surface area contributed by atoms with Crippen molar-refractivity contribution in [2.75, 3.05) is 6.61 Å². The summed E-state index contributed by atoms with van der Waals surface area (Å²) in [6.07, 6.45) is 5.84. The van der Waals surface area contributed by atoms with Gasteiger partial charge in [0.2, 0.25) is 5.75 Å². The average molecular weight is 372 g/mol. The molecular formula is C21H24O6. The van der Waals surface area contributed by atoms with E-state index in [9.17, 15) is 14.7 Å². The zero-order chi connectivity index (χ0) is 20.0. The number of allylic oxidation sites excluding steroid dienone is 3. The molecule has 0 spiro atoms. The molecule has 0 bridgehead atoms. The molecule has 1 aromatic carbocycles. The molecule has 0 aliphatic carbocycles. The normalized spacial score (nSPS) is 11.3. The molecule has 2 rings (SSSR count). The standard InChI is InChI=1S/C21H24O6/c1-13(2)7-5-8-14(3)11-12-25-20-18(23)16-9-6-10-17(26-15(4)22)19(16)27-21(20)24/h6-7,9-11,23H,5,8,12H2,1-4H3/b14-11+. The first-order chi connectivity index (χ1) is 12.8. The number of para-hydroxylation sites is 1. The lowest BCUT2D eigenvalue weighted by molar-refractivity contribution is -0.131. The highest BCUT2D eigenvalue weighted by atomic mass is 16.5. The van der Waals surface area contributed by atoms with E-state index in [1.165, 1.54) is 18.6 Å². The topological polar surface area (TPSA) is 86.0 Å². The van der Waals surface area contributed by atoms with Gasteiger partial charge in [-0.3, -0.25) is 4.79 Å². The summed E-state index contributed by atoms with van der Waals surface area (Å²) in [5, 5.41) is 10.6. The van der Waals surface area contributed by atoms with Gasteiger partial charge in [0.1, 0.15) is 6.61 Å². The molecule has 6 heteroatoms. The number of ether oxygens (including phenoxy) is 2. The maximum atomic E-state index is 12.2. The minimum absolute atomic E-state index is 0.00371. The zero-order valence-corrected chi connectivity index (χ0v) is 16.0. The largest absolute Gasteiger partial charge is 0.504 e. The van der Waals surface area contributed by atoms with Gasteiger partial charge in [0.15, 0.2) is 17.1 Å². The Morgan fingerprint density at radius 3 is 2.59 bits per heavy atom. The smallest absolute Gasteiger partial charge is 0.383 e. The third kappa shape index (κ3) is 5.48. The van der Waals surface area contributed by atoms with Gasteiger partial charge in [0.25, 0.3) is 0 Å². The van der Waals surface area contributed by atoms with Crippen LogP contribution in [0.25, 0.3) is 11.0 Å². The third-order valence-corrected chi connectivity index (χ3v) is 3.83. The van der Waals surface area contributed by atoms with Crippen molar-refractivity contribution in [3.63, 3.8) is 0 Å². The van der Waals surface area contributed by atoms with E-state index in [0.717, 1.165) is 18.4 Å². The highest BCUT2D eigenvalue weighted by Gasteiger charge is 2.18. The summed E-state index contributed by atoms with van der Waals surface area (Å²) in [5.74, 6) is -1.10. The fourth-order valence-corrected chi connectivity index (χ4v) is 2.49. The van der Waals surface area contributed by atoms with E-state index in [0.29, 0.717) is 0 Å². The van der Waals surface area contributed by atoms with E-state index in [-0.39, 0.29) is 34.8 Å². The minimum Gasteiger partial charge on any atom is -0.504 e. The summed E-state index contributed by atoms with van der Waals surface area (Å²) in [5.41, 5.74) is 1.55. The molecule has 0 amide bonds. The van der Waals surface area contributed by atoms with Crippen molar-refractivity contribution in [1.29, 1.82) is 0 Å². The molecule has 0 aliphatic heterocycles. The first kappa shape index (κ1) is 20.3. The maximum absolute atomic E-state index is 12.2. The van der Waals surface area contributed by atoms with Gasteiger partial charge in [-0.2, -0.15) is 0 Å². The van der Waals surface area contributed by atoms with Crippen LogP contribution in [0.15, 0.2) is 50.7 Å². The second-order valence-electron chi connectivity index (χ2n) is 6.48. The number of aromatic hydroxyl groups is 1. The number of hydrogen-bond donors (Lipinski definition) is 1. The van der Waals surface area contributed by atoms with Crippen molar-refractivity contribution in [2.24, 2.45) is 0 Å². The van der Waals surface area contributed by atoms with Crippen LogP contribution in [0.4, 0.5) is 0 Å². The lowest BCUT2D eigenvalue weighted by Crippen LogP contribution is -2.09. The van der Waals surface area contributed by atoms with Gasteiger partial charge in [0, 0.05) is 6.92 Å². The second-order valence-corrected chi connectivity index (χ2v) is 6.48. The van der Waals surface area contributed by atoms with E-state index in [1.54, 1.807) is 12.1 Å². The Kier molecular flexibility index (Phi) is 6.82. The molecule has 0 saturated heterocycles. The quantitative estimate of drug-likeness (QED) is 0.333. The molecule has 6 nitrogen and oxygen atoms in total. The van der Waals surface area contributed by atoms with Crippen LogP contribution in [0.5, 0.6) is 17.2 Å². The Balaban J connectivity index is 2.21. The van der Waals surface area contributed by atoms with Crippen molar-refractivity contribution >= 4 is 16.9 Å². The third-order valence-electron chi connectivity index (χ3n) is 3.83. The first-order valence-corrected chi connectivity index (χ1v) is 8.68. The molecule has 0 atom stereocenters. The molecule has 0 radical (unpaired) electrons. The molecule has 144 valence electrons. The average Bonchev–Trinajstić information content (AvgIpc) is 2.58. The summed E-state index contributed by atoms with van der Waals surface area (Å²) in [7, 11) is 0. The van der Waals surface area contributed by atoms with Gasteiger partial charge in [-0.15, -0.1) is 0 Å². The predicted octanol–water partition coefficient (Wildman–Crippen LogP) is 4.50. The van der Waals surface area contributed by atoms with Crippen molar-refractivity contribution < 1.29 is 23.8 Å². The molecule has 0 saturated carbocycles. The molecular weight excluding hydrogens is 348 g/mol. The number of benzene rings is 1. The Hall–Kier alpha value is -3.02. The van der Waals surface area contributed by atoms with E-state index < -0.39 is 11.6 Å². The highest BCUT2D eigenvalue weighted by Crippen LogP contribution is 2.35. The van der Waals surface area contributed by atoms with Crippen molar-refractivity contribution in [3.05, 3.63) is 51.9 Å². The maximum Gasteiger partial charge on any atom is 0.383 e. The number of hydrogen-bond acceptors (Lipinski definition) is 6. The fourth-order valence-electron chi connectivity index (χ4n) is 2.49. The van der Waals surface area contributed by atoms with Crippen LogP contribution in [-0.2, 0) is 4.79 Å². The van der Waals surface area contributed by atoms with Crippen molar-refractivity contribution in [2.45, 2.75) is 40.5 Å². The SMILES string of the molecule is CC(=O)Oc1cccc2c(O)c(OC/C=C(\C)CCC=C(C)C)c(=O)oc12. The van der Waals surface area contributed by atoms with Crippen LogP contribution in [0.1, 0.15) is 40.5 Å². The van der Waals surface area contributed by atoms with Gasteiger partial charge in [-0.05, 0) is 51.8 Å². The number of rotatable bonds is 7. The number of carbonyl (C=O) groups is 1.